The van der Waals surface area contributed by atoms with Crippen molar-refractivity contribution >= 4 is 11.9 Å². The number of allylic oxidation sites excluding steroid dienone is 1. The van der Waals surface area contributed by atoms with Gasteiger partial charge in [0.15, 0.2) is 0 Å². The normalized spacial score (nSPS) is 14.7. The van der Waals surface area contributed by atoms with Crippen LogP contribution in [0.15, 0.2) is 96.5 Å². The van der Waals surface area contributed by atoms with E-state index in [1.54, 1.807) is 16.8 Å². The van der Waals surface area contributed by atoms with Gasteiger partial charge in [-0.1, -0.05) is 54.6 Å². The molecule has 0 unspecified atom stereocenters. The van der Waals surface area contributed by atoms with Crippen LogP contribution >= 0.6 is 0 Å². The van der Waals surface area contributed by atoms with Crippen LogP contribution < -0.4 is 15.4 Å². The van der Waals surface area contributed by atoms with E-state index in [1.165, 1.54) is 18.5 Å². The molecule has 4 aromatic rings. The molecule has 0 spiro atoms. The predicted molar refractivity (Wildman–Crippen MR) is 130 cm³/mol. The summed E-state index contributed by atoms with van der Waals surface area (Å²) in [5.41, 5.74) is 4.05. The summed E-state index contributed by atoms with van der Waals surface area (Å²) >= 11 is 0. The van der Waals surface area contributed by atoms with Gasteiger partial charge in [0.05, 0.1) is 5.57 Å². The molecule has 0 fully saturated rings. The molecule has 7 nitrogen and oxygen atoms in total. The minimum atomic E-state index is -0.448. The summed E-state index contributed by atoms with van der Waals surface area (Å²) in [5.74, 6) is 0.784. The second kappa shape index (κ2) is 9.80. The molecule has 1 amide bonds. The molecule has 0 saturated heterocycles. The predicted octanol–water partition coefficient (Wildman–Crippen LogP) is 4.60. The second-order valence-corrected chi connectivity index (χ2v) is 8.25. The van der Waals surface area contributed by atoms with Crippen LogP contribution in [0.25, 0.3) is 0 Å². The monoisotopic (exact) mass is 469 g/mol. The number of halogens is 1. The third-order valence-corrected chi connectivity index (χ3v) is 5.85. The summed E-state index contributed by atoms with van der Waals surface area (Å²) in [7, 11) is 0. The topological polar surface area (TPSA) is 81.1 Å². The van der Waals surface area contributed by atoms with Gasteiger partial charge in [-0.15, -0.1) is 0 Å². The quantitative estimate of drug-likeness (QED) is 0.413. The van der Waals surface area contributed by atoms with E-state index in [1.807, 2.05) is 61.5 Å². The summed E-state index contributed by atoms with van der Waals surface area (Å²) in [6.07, 6.45) is 1.47. The fourth-order valence-electron chi connectivity index (χ4n) is 4.06. The van der Waals surface area contributed by atoms with Crippen molar-refractivity contribution in [3.63, 3.8) is 0 Å². The van der Waals surface area contributed by atoms with Crippen molar-refractivity contribution in [3.05, 3.63) is 119 Å². The first-order chi connectivity index (χ1) is 17.1. The summed E-state index contributed by atoms with van der Waals surface area (Å²) in [4.78, 5) is 17.6. The van der Waals surface area contributed by atoms with Gasteiger partial charge in [0.25, 0.3) is 5.91 Å². The van der Waals surface area contributed by atoms with Crippen molar-refractivity contribution in [1.82, 2.24) is 20.1 Å². The molecular formula is C27H24FN5O2. The lowest BCUT2D eigenvalue weighted by Gasteiger charge is -2.28. The lowest BCUT2D eigenvalue weighted by molar-refractivity contribution is -0.118. The zero-order chi connectivity index (χ0) is 24.2. The Balaban J connectivity index is 1.36. The number of fused-ring (bicyclic) bond motifs is 1. The van der Waals surface area contributed by atoms with Gasteiger partial charge in [0, 0.05) is 12.2 Å². The van der Waals surface area contributed by atoms with Crippen LogP contribution in [0.2, 0.25) is 0 Å². The standard InChI is InChI=1S/C27H24FN5O2/c1-18-24(26(34)29-15-19-5-3-2-4-6-19)25(33-27(32-18)30-17-31-33)21-9-13-23(14-10-21)35-16-20-7-11-22(28)12-8-20/h2-14,17,25H,15-16H2,1H3,(H,29,34)(H,30,31,32)/t25-/m1/s1. The van der Waals surface area contributed by atoms with Gasteiger partial charge >= 0.3 is 0 Å². The number of hydrogen-bond acceptors (Lipinski definition) is 5. The van der Waals surface area contributed by atoms with Crippen molar-refractivity contribution in [3.8, 4) is 5.75 Å². The van der Waals surface area contributed by atoms with Gasteiger partial charge in [0.1, 0.15) is 30.5 Å². The van der Waals surface area contributed by atoms with E-state index in [9.17, 15) is 9.18 Å². The van der Waals surface area contributed by atoms with Crippen molar-refractivity contribution in [1.29, 1.82) is 0 Å². The summed E-state index contributed by atoms with van der Waals surface area (Å²) in [6, 6.07) is 23.1. The number of carbonyl (C=O) groups excluding carboxylic acids is 1. The smallest absolute Gasteiger partial charge is 0.251 e. The Hall–Kier alpha value is -4.46. The first kappa shape index (κ1) is 22.3. The highest BCUT2D eigenvalue weighted by Gasteiger charge is 2.33. The zero-order valence-electron chi connectivity index (χ0n) is 19.1. The Morgan fingerprint density at radius 2 is 1.77 bits per heavy atom. The molecular weight excluding hydrogens is 445 g/mol. The van der Waals surface area contributed by atoms with E-state index in [0.717, 1.165) is 22.4 Å². The number of amides is 1. The summed E-state index contributed by atoms with van der Waals surface area (Å²) in [5, 5.41) is 10.6. The Morgan fingerprint density at radius 3 is 2.51 bits per heavy atom. The van der Waals surface area contributed by atoms with Crippen LogP contribution in [0.3, 0.4) is 0 Å². The highest BCUT2D eigenvalue weighted by Crippen LogP contribution is 2.35. The van der Waals surface area contributed by atoms with Gasteiger partial charge in [-0.3, -0.25) is 4.79 Å². The molecule has 35 heavy (non-hydrogen) atoms. The van der Waals surface area contributed by atoms with Gasteiger partial charge in [-0.25, -0.2) is 9.07 Å². The first-order valence-corrected chi connectivity index (χ1v) is 11.2. The molecule has 8 heteroatoms. The van der Waals surface area contributed by atoms with Crippen LogP contribution in [0.4, 0.5) is 10.3 Å². The fraction of sp³-hybridized carbons (Fsp3) is 0.148. The zero-order valence-corrected chi connectivity index (χ0v) is 19.1. The average molecular weight is 470 g/mol. The lowest BCUT2D eigenvalue weighted by atomic mass is 9.95. The fourth-order valence-corrected chi connectivity index (χ4v) is 4.06. The van der Waals surface area contributed by atoms with Crippen LogP contribution in [-0.4, -0.2) is 20.7 Å². The van der Waals surface area contributed by atoms with Gasteiger partial charge in [-0.05, 0) is 47.9 Å². The highest BCUT2D eigenvalue weighted by molar-refractivity contribution is 5.96. The molecule has 1 aromatic heterocycles. The SMILES string of the molecule is CC1=C(C(=O)NCc2ccccc2)[C@@H](c2ccc(OCc3ccc(F)cc3)cc2)n2ncnc2N1. The third kappa shape index (κ3) is 4.91. The number of carbonyl (C=O) groups is 1. The minimum absolute atomic E-state index is 0.179. The number of hydrogen-bond donors (Lipinski definition) is 2. The van der Waals surface area contributed by atoms with Crippen LogP contribution in [0.5, 0.6) is 5.75 Å². The molecule has 1 aliphatic heterocycles. The van der Waals surface area contributed by atoms with E-state index < -0.39 is 6.04 Å². The van der Waals surface area contributed by atoms with E-state index in [-0.39, 0.29) is 11.7 Å². The number of anilines is 1. The summed E-state index contributed by atoms with van der Waals surface area (Å²) in [6.45, 7) is 2.61. The number of rotatable bonds is 7. The second-order valence-electron chi connectivity index (χ2n) is 8.25. The largest absolute Gasteiger partial charge is 0.489 e. The first-order valence-electron chi connectivity index (χ1n) is 11.2. The van der Waals surface area contributed by atoms with Crippen LogP contribution in [0, 0.1) is 5.82 Å². The number of nitrogens with one attached hydrogen (secondary N) is 2. The Labute approximate surface area is 202 Å². The number of ether oxygens (including phenoxy) is 1. The molecule has 3 aromatic carbocycles. The molecule has 5 rings (SSSR count). The molecule has 0 radical (unpaired) electrons. The number of nitrogens with zero attached hydrogens (tertiary/aromatic N) is 3. The molecule has 2 heterocycles. The van der Waals surface area contributed by atoms with Crippen molar-refractivity contribution in [2.45, 2.75) is 26.1 Å². The third-order valence-electron chi connectivity index (χ3n) is 5.85. The molecule has 2 N–H and O–H groups in total. The molecule has 1 atom stereocenters. The summed E-state index contributed by atoms with van der Waals surface area (Å²) < 4.78 is 20.7. The Kier molecular flexibility index (Phi) is 6.26. The molecule has 0 aliphatic carbocycles. The number of benzene rings is 3. The van der Waals surface area contributed by atoms with Crippen LogP contribution in [-0.2, 0) is 17.9 Å². The van der Waals surface area contributed by atoms with E-state index in [4.69, 9.17) is 4.74 Å². The molecule has 176 valence electrons. The highest BCUT2D eigenvalue weighted by atomic mass is 19.1. The van der Waals surface area contributed by atoms with E-state index >= 15 is 0 Å². The maximum absolute atomic E-state index is 13.3. The molecule has 0 bridgehead atoms. The van der Waals surface area contributed by atoms with Crippen molar-refractivity contribution in [2.24, 2.45) is 0 Å². The van der Waals surface area contributed by atoms with Crippen LogP contribution in [0.1, 0.15) is 29.7 Å². The average Bonchev–Trinajstić information content (AvgIpc) is 3.35. The molecule has 0 saturated carbocycles. The Bertz CT molecular complexity index is 1350. The van der Waals surface area contributed by atoms with Crippen molar-refractivity contribution < 1.29 is 13.9 Å². The maximum Gasteiger partial charge on any atom is 0.251 e. The van der Waals surface area contributed by atoms with Gasteiger partial charge < -0.3 is 15.4 Å². The number of aromatic nitrogens is 3. The van der Waals surface area contributed by atoms with Gasteiger partial charge in [0.2, 0.25) is 5.95 Å². The minimum Gasteiger partial charge on any atom is -0.489 e. The molecule has 1 aliphatic rings. The lowest BCUT2D eigenvalue weighted by Crippen LogP contribution is -2.34. The van der Waals surface area contributed by atoms with E-state index in [0.29, 0.717) is 30.4 Å². The maximum atomic E-state index is 13.3. The van der Waals surface area contributed by atoms with E-state index in [2.05, 4.69) is 20.7 Å². The van der Waals surface area contributed by atoms with Gasteiger partial charge in [-0.2, -0.15) is 10.1 Å². The van der Waals surface area contributed by atoms with Crippen molar-refractivity contribution in [2.75, 3.05) is 5.32 Å². The Morgan fingerprint density at radius 1 is 1.03 bits per heavy atom.